The molecule has 184 valence electrons. The lowest BCUT2D eigenvalue weighted by molar-refractivity contribution is 0.0942. The van der Waals surface area contributed by atoms with E-state index in [4.69, 9.17) is 4.74 Å². The summed E-state index contributed by atoms with van der Waals surface area (Å²) in [7, 11) is 0. The molecule has 6 heteroatoms. The smallest absolute Gasteiger partial charge is 0.408 e. The Hall–Kier alpha value is -4.32. The first-order valence-corrected chi connectivity index (χ1v) is 11.8. The molecule has 0 aliphatic carbocycles. The molecule has 1 amide bonds. The minimum absolute atomic E-state index is 0.0442. The zero-order chi connectivity index (χ0) is 25.7. The van der Waals surface area contributed by atoms with Crippen LogP contribution in [0.2, 0.25) is 0 Å². The van der Waals surface area contributed by atoms with Gasteiger partial charge in [-0.05, 0) is 49.6 Å². The number of nitrogens with zero attached hydrogens (tertiary/aromatic N) is 2. The highest BCUT2D eigenvalue weighted by molar-refractivity contribution is 5.67. The lowest BCUT2D eigenvalue weighted by Crippen LogP contribution is -2.44. The van der Waals surface area contributed by atoms with Crippen molar-refractivity contribution >= 4 is 6.09 Å². The van der Waals surface area contributed by atoms with Crippen LogP contribution in [0.4, 0.5) is 4.79 Å². The molecule has 1 heterocycles. The Kier molecular flexibility index (Phi) is 7.25. The second-order valence-electron chi connectivity index (χ2n) is 9.59. The van der Waals surface area contributed by atoms with Crippen molar-refractivity contribution < 1.29 is 14.6 Å². The lowest BCUT2D eigenvalue weighted by atomic mass is 10.0. The van der Waals surface area contributed by atoms with Crippen molar-refractivity contribution in [3.63, 3.8) is 0 Å². The zero-order valence-corrected chi connectivity index (χ0v) is 20.7. The summed E-state index contributed by atoms with van der Waals surface area (Å²) in [6.45, 7) is 5.79. The molecule has 0 spiro atoms. The van der Waals surface area contributed by atoms with Crippen molar-refractivity contribution in [2.75, 3.05) is 0 Å². The van der Waals surface area contributed by atoms with Crippen LogP contribution >= 0.6 is 0 Å². The molecular formula is C30H30N2O4. The maximum Gasteiger partial charge on any atom is 0.408 e. The van der Waals surface area contributed by atoms with Crippen molar-refractivity contribution in [1.29, 1.82) is 0 Å². The highest BCUT2D eigenvalue weighted by Gasteiger charge is 2.27. The van der Waals surface area contributed by atoms with Crippen molar-refractivity contribution in [2.45, 2.75) is 39.5 Å². The summed E-state index contributed by atoms with van der Waals surface area (Å²) in [5.74, 6) is 0.199. The lowest BCUT2D eigenvalue weighted by Gasteiger charge is -2.34. The number of carbonyl (C=O) groups is 1. The molecule has 0 saturated carbocycles. The third kappa shape index (κ3) is 5.84. The average molecular weight is 483 g/mol. The normalized spacial score (nSPS) is 11.2. The van der Waals surface area contributed by atoms with Gasteiger partial charge >= 0.3 is 6.09 Å². The number of benzene rings is 3. The van der Waals surface area contributed by atoms with Crippen LogP contribution in [0.1, 0.15) is 32.0 Å². The summed E-state index contributed by atoms with van der Waals surface area (Å²) in [6.07, 6.45) is 0.608. The van der Waals surface area contributed by atoms with Crippen molar-refractivity contribution in [3.05, 3.63) is 119 Å². The molecule has 0 fully saturated rings. The monoisotopic (exact) mass is 482 g/mol. The molecule has 0 aliphatic rings. The van der Waals surface area contributed by atoms with Gasteiger partial charge in [0.25, 0.3) is 0 Å². The summed E-state index contributed by atoms with van der Waals surface area (Å²) >= 11 is 0. The quantitative estimate of drug-likeness (QED) is 0.333. The van der Waals surface area contributed by atoms with E-state index in [-0.39, 0.29) is 24.3 Å². The fourth-order valence-corrected chi connectivity index (χ4v) is 3.98. The fourth-order valence-electron chi connectivity index (χ4n) is 3.98. The van der Waals surface area contributed by atoms with Gasteiger partial charge < -0.3 is 14.4 Å². The van der Waals surface area contributed by atoms with E-state index >= 15 is 0 Å². The van der Waals surface area contributed by atoms with Gasteiger partial charge in [0.15, 0.2) is 5.75 Å². The third-order valence-electron chi connectivity index (χ3n) is 5.93. The van der Waals surface area contributed by atoms with Crippen LogP contribution in [0.15, 0.2) is 102 Å². The topological polar surface area (TPSA) is 71.8 Å². The number of hydrogen-bond donors (Lipinski definition) is 1. The molecule has 0 unspecified atom stereocenters. The van der Waals surface area contributed by atoms with Crippen molar-refractivity contribution in [3.8, 4) is 22.6 Å². The number of hydrogen-bond acceptors (Lipinski definition) is 3. The first-order chi connectivity index (χ1) is 17.2. The molecule has 3 aromatic carbocycles. The second kappa shape index (κ2) is 10.5. The Morgan fingerprint density at radius 1 is 0.889 bits per heavy atom. The van der Waals surface area contributed by atoms with E-state index in [1.54, 1.807) is 6.20 Å². The third-order valence-corrected chi connectivity index (χ3v) is 5.93. The van der Waals surface area contributed by atoms with Gasteiger partial charge in [0.1, 0.15) is 6.61 Å². The zero-order valence-electron chi connectivity index (χ0n) is 20.7. The van der Waals surface area contributed by atoms with E-state index in [1.807, 2.05) is 110 Å². The fraction of sp³-hybridized carbons (Fsp3) is 0.200. The molecule has 0 aliphatic heterocycles. The van der Waals surface area contributed by atoms with Crippen LogP contribution in [0.5, 0.6) is 5.75 Å². The molecule has 4 rings (SSSR count). The molecule has 6 nitrogen and oxygen atoms in total. The van der Waals surface area contributed by atoms with Crippen LogP contribution in [0, 0.1) is 0 Å². The highest BCUT2D eigenvalue weighted by atomic mass is 16.5. The largest absolute Gasteiger partial charge is 0.483 e. The first kappa shape index (κ1) is 24.8. The van der Waals surface area contributed by atoms with Crippen LogP contribution in [0.25, 0.3) is 16.8 Å². The Bertz CT molecular complexity index is 1390. The summed E-state index contributed by atoms with van der Waals surface area (Å²) in [6, 6.07) is 29.0. The van der Waals surface area contributed by atoms with Gasteiger partial charge in [0.05, 0.1) is 12.7 Å². The Balaban J connectivity index is 1.79. The minimum atomic E-state index is -1.05. The van der Waals surface area contributed by atoms with Gasteiger partial charge in [-0.15, -0.1) is 0 Å². The average Bonchev–Trinajstić information content (AvgIpc) is 2.87. The maximum atomic E-state index is 13.0. The second-order valence-corrected chi connectivity index (χ2v) is 9.59. The van der Waals surface area contributed by atoms with E-state index in [9.17, 15) is 14.7 Å². The van der Waals surface area contributed by atoms with Crippen LogP contribution in [-0.2, 0) is 13.2 Å². The molecule has 0 bridgehead atoms. The molecule has 4 aromatic rings. The molecular weight excluding hydrogens is 452 g/mol. The van der Waals surface area contributed by atoms with Crippen LogP contribution < -0.4 is 10.2 Å². The van der Waals surface area contributed by atoms with Crippen LogP contribution in [-0.4, -0.2) is 26.2 Å². The molecule has 0 radical (unpaired) electrons. The number of ether oxygens (including phenoxy) is 1. The predicted octanol–water partition coefficient (Wildman–Crippen LogP) is 6.36. The van der Waals surface area contributed by atoms with E-state index in [0.29, 0.717) is 5.69 Å². The van der Waals surface area contributed by atoms with E-state index in [0.717, 1.165) is 22.4 Å². The van der Waals surface area contributed by atoms with E-state index < -0.39 is 11.6 Å². The predicted molar refractivity (Wildman–Crippen MR) is 142 cm³/mol. The molecule has 0 saturated heterocycles. The standard InChI is InChI=1S/C30H30N2O4/c1-30(2,3)32(29(34)35)19-26-18-27(33)28(36-21-22-11-6-4-7-12-22)20-31(26)25-16-10-15-24(17-25)23-13-8-5-9-14-23/h4-18,20H,19,21H2,1-3H3,(H,34,35). The Morgan fingerprint density at radius 3 is 2.17 bits per heavy atom. The number of carboxylic acid groups (broad SMARTS) is 1. The van der Waals surface area contributed by atoms with Gasteiger partial charge in [-0.3, -0.25) is 9.69 Å². The SMILES string of the molecule is CC(C)(C)N(Cc1cc(=O)c(OCc2ccccc2)cn1-c1cccc(-c2ccccc2)c1)C(=O)O. The van der Waals surface area contributed by atoms with Crippen molar-refractivity contribution in [2.24, 2.45) is 0 Å². The van der Waals surface area contributed by atoms with Crippen LogP contribution in [0.3, 0.4) is 0 Å². The number of rotatable bonds is 7. The van der Waals surface area contributed by atoms with Gasteiger partial charge in [-0.25, -0.2) is 4.79 Å². The van der Waals surface area contributed by atoms with Gasteiger partial charge in [0.2, 0.25) is 5.43 Å². The van der Waals surface area contributed by atoms with E-state index in [2.05, 4.69) is 0 Å². The minimum Gasteiger partial charge on any atom is -0.483 e. The maximum absolute atomic E-state index is 13.0. The molecule has 36 heavy (non-hydrogen) atoms. The molecule has 1 aromatic heterocycles. The van der Waals surface area contributed by atoms with E-state index in [1.165, 1.54) is 11.0 Å². The molecule has 1 N–H and O–H groups in total. The summed E-state index contributed by atoms with van der Waals surface area (Å²) in [4.78, 5) is 26.4. The highest BCUT2D eigenvalue weighted by Crippen LogP contribution is 2.25. The first-order valence-electron chi connectivity index (χ1n) is 11.8. The van der Waals surface area contributed by atoms with Gasteiger partial charge in [0, 0.05) is 23.0 Å². The Morgan fingerprint density at radius 2 is 1.53 bits per heavy atom. The number of pyridine rings is 1. The van der Waals surface area contributed by atoms with Gasteiger partial charge in [-0.1, -0.05) is 72.8 Å². The van der Waals surface area contributed by atoms with Gasteiger partial charge in [-0.2, -0.15) is 0 Å². The summed E-state index contributed by atoms with van der Waals surface area (Å²) < 4.78 is 7.75. The summed E-state index contributed by atoms with van der Waals surface area (Å²) in [5, 5.41) is 9.87. The number of aromatic nitrogens is 1. The van der Waals surface area contributed by atoms with Crippen molar-refractivity contribution in [1.82, 2.24) is 9.47 Å². The Labute approximate surface area is 211 Å². The molecule has 0 atom stereocenters. The summed E-state index contributed by atoms with van der Waals surface area (Å²) in [5.41, 5.74) is 3.42. The number of amides is 1.